The van der Waals surface area contributed by atoms with Crippen molar-refractivity contribution in [2.45, 2.75) is 31.3 Å². The van der Waals surface area contributed by atoms with E-state index in [1.165, 1.54) is 25.1 Å². The van der Waals surface area contributed by atoms with Crippen LogP contribution in [0.15, 0.2) is 59.9 Å². The Bertz CT molecular complexity index is 1360. The summed E-state index contributed by atoms with van der Waals surface area (Å²) in [7, 11) is -3.36. The number of ether oxygens (including phenoxy) is 1. The van der Waals surface area contributed by atoms with E-state index in [2.05, 4.69) is 19.9 Å². The number of fused-ring (bicyclic) bond motifs is 1. The van der Waals surface area contributed by atoms with Gasteiger partial charge in [-0.1, -0.05) is 13.0 Å². The Hall–Kier alpha value is -3.30. The van der Waals surface area contributed by atoms with Crippen molar-refractivity contribution in [2.24, 2.45) is 0 Å². The molecule has 1 aliphatic heterocycles. The summed E-state index contributed by atoms with van der Waals surface area (Å²) >= 11 is 0. The molecule has 0 spiro atoms. The fourth-order valence-electron chi connectivity index (χ4n) is 3.98. The summed E-state index contributed by atoms with van der Waals surface area (Å²) in [6.07, 6.45) is 5.57. The minimum atomic E-state index is -3.36. The fraction of sp³-hybridized carbons (Fsp3) is 0.292. The molecule has 1 aliphatic rings. The number of rotatable bonds is 7. The predicted octanol–water partition coefficient (Wildman–Crippen LogP) is 4.20. The summed E-state index contributed by atoms with van der Waals surface area (Å²) in [6.45, 7) is 4.35. The third-order valence-corrected chi connectivity index (χ3v) is 7.43. The number of likely N-dealkylation sites (tertiary alicyclic amines) is 1. The van der Waals surface area contributed by atoms with Crippen LogP contribution in [-0.4, -0.2) is 52.1 Å². The van der Waals surface area contributed by atoms with Crippen molar-refractivity contribution in [2.75, 3.05) is 18.8 Å². The molecule has 1 fully saturated rings. The molecule has 0 unspecified atom stereocenters. The Morgan fingerprint density at radius 3 is 2.64 bits per heavy atom. The van der Waals surface area contributed by atoms with Crippen LogP contribution in [0.25, 0.3) is 22.4 Å². The summed E-state index contributed by atoms with van der Waals surface area (Å²) in [5.41, 5.74) is 3.33. The topological polar surface area (TPSA) is 101 Å². The van der Waals surface area contributed by atoms with Gasteiger partial charge in [-0.25, -0.2) is 18.4 Å². The Balaban J connectivity index is 1.51. The van der Waals surface area contributed by atoms with Crippen LogP contribution in [0, 0.1) is 0 Å². The molecule has 170 valence electrons. The lowest BCUT2D eigenvalue weighted by Gasteiger charge is -2.17. The maximum Gasteiger partial charge on any atom is 0.195 e. The summed E-state index contributed by atoms with van der Waals surface area (Å²) < 4.78 is 30.3. The smallest absolute Gasteiger partial charge is 0.195 e. The van der Waals surface area contributed by atoms with Crippen LogP contribution in [0.3, 0.4) is 0 Å². The molecular weight excluding hydrogens is 438 g/mol. The van der Waals surface area contributed by atoms with E-state index in [1.807, 2.05) is 30.3 Å². The number of H-pyrrole nitrogens is 1. The van der Waals surface area contributed by atoms with Crippen molar-refractivity contribution in [3.8, 4) is 22.9 Å². The van der Waals surface area contributed by atoms with Gasteiger partial charge in [0.1, 0.15) is 11.4 Å². The molecule has 1 N–H and O–H groups in total. The van der Waals surface area contributed by atoms with Crippen LogP contribution in [0.2, 0.25) is 0 Å². The van der Waals surface area contributed by atoms with Gasteiger partial charge in [0, 0.05) is 18.1 Å². The summed E-state index contributed by atoms with van der Waals surface area (Å²) in [6, 6.07) is 12.9. The number of hydrogen-bond donors (Lipinski definition) is 1. The molecule has 0 atom stereocenters. The maximum absolute atomic E-state index is 12.1. The monoisotopic (exact) mass is 463 g/mol. The molecule has 4 aromatic heterocycles. The fourth-order valence-corrected chi connectivity index (χ4v) is 4.76. The van der Waals surface area contributed by atoms with Gasteiger partial charge >= 0.3 is 0 Å². The van der Waals surface area contributed by atoms with Crippen molar-refractivity contribution in [3.63, 3.8) is 0 Å². The van der Waals surface area contributed by atoms with E-state index in [0.29, 0.717) is 18.0 Å². The molecule has 0 amide bonds. The third kappa shape index (κ3) is 4.60. The highest BCUT2D eigenvalue weighted by molar-refractivity contribution is 7.91. The molecule has 9 heteroatoms. The highest BCUT2D eigenvalue weighted by Gasteiger charge is 2.19. The molecule has 0 aromatic carbocycles. The van der Waals surface area contributed by atoms with Crippen LogP contribution in [0.5, 0.6) is 11.5 Å². The Kier molecular flexibility index (Phi) is 5.82. The highest BCUT2D eigenvalue weighted by Crippen LogP contribution is 2.31. The molecule has 5 rings (SSSR count). The lowest BCUT2D eigenvalue weighted by atomic mass is 10.2. The summed E-state index contributed by atoms with van der Waals surface area (Å²) in [5, 5.41) is 0.961. The summed E-state index contributed by atoms with van der Waals surface area (Å²) in [4.78, 5) is 19.1. The summed E-state index contributed by atoms with van der Waals surface area (Å²) in [5.74, 6) is 1.11. The van der Waals surface area contributed by atoms with Crippen LogP contribution >= 0.6 is 0 Å². The zero-order valence-corrected chi connectivity index (χ0v) is 19.2. The standard InChI is InChI=1S/C24H25N5O3S/c1-2-33(30,31)23-9-8-18(15-26-23)32-22-14-17-13-20(19-7-3-4-10-25-19)27-24(17)28-21(22)16-29-11-5-6-12-29/h3-4,7-10,13-15H,2,5-6,11-12,16H2,1H3,(H,27,28). The molecule has 0 saturated carbocycles. The van der Waals surface area contributed by atoms with E-state index in [-0.39, 0.29) is 10.8 Å². The lowest BCUT2D eigenvalue weighted by Crippen LogP contribution is -2.19. The normalized spacial score (nSPS) is 14.7. The minimum absolute atomic E-state index is 0.00681. The van der Waals surface area contributed by atoms with E-state index < -0.39 is 9.84 Å². The minimum Gasteiger partial charge on any atom is -0.454 e. The molecular formula is C24H25N5O3S. The van der Waals surface area contributed by atoms with Gasteiger partial charge in [-0.2, -0.15) is 0 Å². The van der Waals surface area contributed by atoms with E-state index in [0.717, 1.165) is 41.2 Å². The number of sulfone groups is 1. The Morgan fingerprint density at radius 1 is 1.09 bits per heavy atom. The average Bonchev–Trinajstić information content (AvgIpc) is 3.50. The van der Waals surface area contributed by atoms with Gasteiger partial charge in [-0.3, -0.25) is 9.88 Å². The quantitative estimate of drug-likeness (QED) is 0.438. The molecule has 0 aliphatic carbocycles. The van der Waals surface area contributed by atoms with Crippen molar-refractivity contribution in [1.82, 2.24) is 24.8 Å². The zero-order chi connectivity index (χ0) is 22.8. The van der Waals surface area contributed by atoms with E-state index >= 15 is 0 Å². The number of aromatic amines is 1. The Labute approximate surface area is 192 Å². The van der Waals surface area contributed by atoms with Gasteiger partial charge in [0.2, 0.25) is 0 Å². The van der Waals surface area contributed by atoms with Crippen LogP contribution in [-0.2, 0) is 16.4 Å². The second-order valence-corrected chi connectivity index (χ2v) is 10.3. The highest BCUT2D eigenvalue weighted by atomic mass is 32.2. The van der Waals surface area contributed by atoms with Crippen LogP contribution in [0.4, 0.5) is 0 Å². The van der Waals surface area contributed by atoms with E-state index in [4.69, 9.17) is 9.72 Å². The first-order valence-electron chi connectivity index (χ1n) is 11.0. The number of aromatic nitrogens is 4. The molecule has 1 saturated heterocycles. The van der Waals surface area contributed by atoms with Crippen LogP contribution < -0.4 is 4.74 Å². The first-order chi connectivity index (χ1) is 16.0. The second kappa shape index (κ2) is 8.92. The molecule has 4 aromatic rings. The molecule has 8 nitrogen and oxygen atoms in total. The molecule has 5 heterocycles. The Morgan fingerprint density at radius 2 is 1.94 bits per heavy atom. The van der Waals surface area contributed by atoms with E-state index in [1.54, 1.807) is 19.2 Å². The lowest BCUT2D eigenvalue weighted by molar-refractivity contribution is 0.321. The second-order valence-electron chi connectivity index (χ2n) is 8.09. The van der Waals surface area contributed by atoms with Crippen molar-refractivity contribution in [3.05, 3.63) is 60.6 Å². The third-order valence-electron chi connectivity index (χ3n) is 5.79. The van der Waals surface area contributed by atoms with Crippen molar-refractivity contribution < 1.29 is 13.2 Å². The van der Waals surface area contributed by atoms with Gasteiger partial charge in [0.15, 0.2) is 20.6 Å². The van der Waals surface area contributed by atoms with Gasteiger partial charge in [-0.05, 0) is 62.3 Å². The SMILES string of the molecule is CCS(=O)(=O)c1ccc(Oc2cc3cc(-c4ccccn4)[nH]c3nc2CN2CCCC2)cn1. The molecule has 0 bridgehead atoms. The largest absolute Gasteiger partial charge is 0.454 e. The van der Waals surface area contributed by atoms with Crippen molar-refractivity contribution in [1.29, 1.82) is 0 Å². The van der Waals surface area contributed by atoms with Gasteiger partial charge in [0.25, 0.3) is 0 Å². The molecule has 33 heavy (non-hydrogen) atoms. The van der Waals surface area contributed by atoms with Gasteiger partial charge in [0.05, 0.1) is 29.0 Å². The van der Waals surface area contributed by atoms with E-state index in [9.17, 15) is 8.42 Å². The molecule has 0 radical (unpaired) electrons. The number of nitrogens with one attached hydrogen (secondary N) is 1. The predicted molar refractivity (Wildman–Crippen MR) is 126 cm³/mol. The number of nitrogens with zero attached hydrogens (tertiary/aromatic N) is 4. The average molecular weight is 464 g/mol. The first-order valence-corrected chi connectivity index (χ1v) is 12.7. The first kappa shape index (κ1) is 21.5. The van der Waals surface area contributed by atoms with Crippen LogP contribution in [0.1, 0.15) is 25.5 Å². The van der Waals surface area contributed by atoms with Gasteiger partial charge in [-0.15, -0.1) is 0 Å². The zero-order valence-electron chi connectivity index (χ0n) is 18.4. The maximum atomic E-state index is 12.1. The van der Waals surface area contributed by atoms with Gasteiger partial charge < -0.3 is 9.72 Å². The number of pyridine rings is 3. The number of hydrogen-bond acceptors (Lipinski definition) is 7. The van der Waals surface area contributed by atoms with Crippen molar-refractivity contribution >= 4 is 20.9 Å².